The number of amides is 1. The van der Waals surface area contributed by atoms with Crippen LogP contribution in [-0.4, -0.2) is 60.4 Å². The zero-order chi connectivity index (χ0) is 23.5. The van der Waals surface area contributed by atoms with Crippen LogP contribution in [0.15, 0.2) is 83.0 Å². The number of aliphatic hydroxyl groups is 1. The topological polar surface area (TPSA) is 83.2 Å². The molecule has 0 aliphatic carbocycles. The summed E-state index contributed by atoms with van der Waals surface area (Å²) in [4.78, 5) is 30.0. The lowest BCUT2D eigenvalue weighted by Gasteiger charge is -2.28. The standard InChI is InChI=1S/C26H26N2O5/c1-4-15-32-19-11-9-17(10-12-19)23-22(25(30)26(31)28(23)14-13-27(2)3)24(29)21-16-18-7-5-6-8-20(18)33-21/h4-12,16,23,30H,1,13-15H2,2-3H3/t23-/m1/s1. The Balaban J connectivity index is 1.74. The Morgan fingerprint density at radius 3 is 2.61 bits per heavy atom. The van der Waals surface area contributed by atoms with E-state index in [0.29, 0.717) is 36.6 Å². The van der Waals surface area contributed by atoms with Gasteiger partial charge < -0.3 is 24.1 Å². The van der Waals surface area contributed by atoms with Gasteiger partial charge in [-0.1, -0.05) is 43.0 Å². The molecule has 33 heavy (non-hydrogen) atoms. The highest BCUT2D eigenvalue weighted by atomic mass is 16.5. The number of Topliss-reactive ketones (excluding diaryl/α,β-unsaturated/α-hetero) is 1. The number of ketones is 1. The van der Waals surface area contributed by atoms with Gasteiger partial charge in [-0.2, -0.15) is 0 Å². The number of hydrogen-bond acceptors (Lipinski definition) is 6. The number of furan rings is 1. The summed E-state index contributed by atoms with van der Waals surface area (Å²) in [5.74, 6) is -0.914. The monoisotopic (exact) mass is 446 g/mol. The third-order valence-corrected chi connectivity index (χ3v) is 5.55. The summed E-state index contributed by atoms with van der Waals surface area (Å²) in [7, 11) is 3.80. The highest BCUT2D eigenvalue weighted by molar-refractivity contribution is 6.16. The number of likely N-dealkylation sites (N-methyl/N-ethyl adjacent to an activating group) is 1. The second kappa shape index (κ2) is 9.34. The van der Waals surface area contributed by atoms with E-state index in [9.17, 15) is 14.7 Å². The maximum Gasteiger partial charge on any atom is 0.290 e. The molecule has 4 rings (SSSR count). The molecule has 1 aromatic heterocycles. The average Bonchev–Trinajstić information content (AvgIpc) is 3.35. The predicted octanol–water partition coefficient (Wildman–Crippen LogP) is 4.14. The van der Waals surface area contributed by atoms with Gasteiger partial charge >= 0.3 is 0 Å². The van der Waals surface area contributed by atoms with Crippen molar-refractivity contribution in [2.75, 3.05) is 33.8 Å². The number of para-hydroxylation sites is 1. The Labute approximate surface area is 192 Å². The number of carbonyl (C=O) groups is 2. The number of hydrogen-bond donors (Lipinski definition) is 1. The molecule has 0 saturated heterocycles. The van der Waals surface area contributed by atoms with Crippen molar-refractivity contribution in [3.63, 3.8) is 0 Å². The molecule has 0 radical (unpaired) electrons. The number of nitrogens with zero attached hydrogens (tertiary/aromatic N) is 2. The summed E-state index contributed by atoms with van der Waals surface area (Å²) in [6.07, 6.45) is 1.65. The molecule has 1 aliphatic heterocycles. The summed E-state index contributed by atoms with van der Waals surface area (Å²) >= 11 is 0. The van der Waals surface area contributed by atoms with E-state index in [1.165, 1.54) is 4.90 Å². The van der Waals surface area contributed by atoms with Crippen LogP contribution >= 0.6 is 0 Å². The highest BCUT2D eigenvalue weighted by Gasteiger charge is 2.44. The zero-order valence-electron chi connectivity index (χ0n) is 18.7. The van der Waals surface area contributed by atoms with Crippen LogP contribution in [-0.2, 0) is 4.79 Å². The molecular formula is C26H26N2O5. The quantitative estimate of drug-likeness (QED) is 0.393. The lowest BCUT2D eigenvalue weighted by atomic mass is 9.95. The molecule has 0 spiro atoms. The molecule has 0 fully saturated rings. The Bertz CT molecular complexity index is 1190. The first-order chi connectivity index (χ1) is 15.9. The van der Waals surface area contributed by atoms with Crippen LogP contribution in [0, 0.1) is 0 Å². The van der Waals surface area contributed by atoms with E-state index in [-0.39, 0.29) is 11.3 Å². The van der Waals surface area contributed by atoms with Crippen LogP contribution in [0.5, 0.6) is 5.75 Å². The van der Waals surface area contributed by atoms with Crippen molar-refractivity contribution in [2.24, 2.45) is 0 Å². The minimum absolute atomic E-state index is 0.0116. The largest absolute Gasteiger partial charge is 0.503 e. The van der Waals surface area contributed by atoms with E-state index in [1.54, 1.807) is 42.5 Å². The summed E-state index contributed by atoms with van der Waals surface area (Å²) in [6, 6.07) is 15.3. The molecule has 1 amide bonds. The van der Waals surface area contributed by atoms with E-state index in [0.717, 1.165) is 5.39 Å². The van der Waals surface area contributed by atoms with Crippen molar-refractivity contribution >= 4 is 22.7 Å². The fraction of sp³-hybridized carbons (Fsp3) is 0.231. The fourth-order valence-electron chi connectivity index (χ4n) is 3.90. The first kappa shape index (κ1) is 22.4. The molecule has 2 heterocycles. The SMILES string of the molecule is C=CCOc1ccc([C@@H]2C(C(=O)c3cc4ccccc4o3)=C(O)C(=O)N2CCN(C)C)cc1. The molecule has 7 nitrogen and oxygen atoms in total. The molecular weight excluding hydrogens is 420 g/mol. The molecule has 0 saturated carbocycles. The molecule has 0 unspecified atom stereocenters. The van der Waals surface area contributed by atoms with E-state index in [4.69, 9.17) is 9.15 Å². The number of carbonyl (C=O) groups excluding carboxylic acids is 2. The van der Waals surface area contributed by atoms with Crippen molar-refractivity contribution < 1.29 is 23.8 Å². The second-order valence-electron chi connectivity index (χ2n) is 8.11. The van der Waals surface area contributed by atoms with Crippen molar-refractivity contribution in [3.05, 3.63) is 89.9 Å². The molecule has 2 aromatic carbocycles. The van der Waals surface area contributed by atoms with Crippen LogP contribution in [0.25, 0.3) is 11.0 Å². The molecule has 0 bridgehead atoms. The van der Waals surface area contributed by atoms with Gasteiger partial charge in [0.2, 0.25) is 5.78 Å². The van der Waals surface area contributed by atoms with Gasteiger partial charge in [0.15, 0.2) is 11.5 Å². The summed E-state index contributed by atoms with van der Waals surface area (Å²) < 4.78 is 11.3. The van der Waals surface area contributed by atoms with Gasteiger partial charge in [0.25, 0.3) is 5.91 Å². The Morgan fingerprint density at radius 2 is 1.94 bits per heavy atom. The minimum Gasteiger partial charge on any atom is -0.503 e. The van der Waals surface area contributed by atoms with Crippen LogP contribution < -0.4 is 4.74 Å². The van der Waals surface area contributed by atoms with Gasteiger partial charge in [-0.25, -0.2) is 0 Å². The normalized spacial score (nSPS) is 16.2. The molecule has 3 aromatic rings. The molecule has 1 aliphatic rings. The Hall–Kier alpha value is -3.84. The van der Waals surface area contributed by atoms with Gasteiger partial charge in [-0.15, -0.1) is 0 Å². The van der Waals surface area contributed by atoms with E-state index < -0.39 is 23.5 Å². The third-order valence-electron chi connectivity index (χ3n) is 5.55. The van der Waals surface area contributed by atoms with Crippen LogP contribution in [0.2, 0.25) is 0 Å². The number of fused-ring (bicyclic) bond motifs is 1. The number of benzene rings is 2. The predicted molar refractivity (Wildman–Crippen MR) is 125 cm³/mol. The molecule has 1 atom stereocenters. The molecule has 7 heteroatoms. The minimum atomic E-state index is -0.744. The van der Waals surface area contributed by atoms with E-state index in [1.807, 2.05) is 37.2 Å². The third kappa shape index (κ3) is 4.40. The van der Waals surface area contributed by atoms with Gasteiger partial charge in [-0.05, 0) is 43.9 Å². The average molecular weight is 447 g/mol. The van der Waals surface area contributed by atoms with Gasteiger partial charge in [-0.3, -0.25) is 9.59 Å². The van der Waals surface area contributed by atoms with E-state index in [2.05, 4.69) is 6.58 Å². The van der Waals surface area contributed by atoms with Gasteiger partial charge in [0, 0.05) is 18.5 Å². The first-order valence-electron chi connectivity index (χ1n) is 10.7. The maximum atomic E-state index is 13.5. The van der Waals surface area contributed by atoms with Crippen molar-refractivity contribution in [1.82, 2.24) is 9.80 Å². The smallest absolute Gasteiger partial charge is 0.290 e. The summed E-state index contributed by atoms with van der Waals surface area (Å²) in [5, 5.41) is 11.6. The van der Waals surface area contributed by atoms with Crippen molar-refractivity contribution in [1.29, 1.82) is 0 Å². The second-order valence-corrected chi connectivity index (χ2v) is 8.11. The lowest BCUT2D eigenvalue weighted by molar-refractivity contribution is -0.129. The van der Waals surface area contributed by atoms with Crippen molar-refractivity contribution in [3.8, 4) is 5.75 Å². The first-order valence-corrected chi connectivity index (χ1v) is 10.7. The maximum absolute atomic E-state index is 13.5. The summed E-state index contributed by atoms with van der Waals surface area (Å²) in [6.45, 7) is 4.92. The zero-order valence-corrected chi connectivity index (χ0v) is 18.7. The van der Waals surface area contributed by atoms with Crippen LogP contribution in [0.3, 0.4) is 0 Å². The lowest BCUT2D eigenvalue weighted by Crippen LogP contribution is -2.36. The van der Waals surface area contributed by atoms with Crippen LogP contribution in [0.4, 0.5) is 0 Å². The Kier molecular flexibility index (Phi) is 6.33. The van der Waals surface area contributed by atoms with Crippen LogP contribution in [0.1, 0.15) is 22.2 Å². The molecule has 170 valence electrons. The number of rotatable bonds is 9. The van der Waals surface area contributed by atoms with E-state index >= 15 is 0 Å². The number of ether oxygens (including phenoxy) is 1. The van der Waals surface area contributed by atoms with Gasteiger partial charge in [0.1, 0.15) is 17.9 Å². The highest BCUT2D eigenvalue weighted by Crippen LogP contribution is 2.39. The molecule has 1 N–H and O–H groups in total. The fourth-order valence-corrected chi connectivity index (χ4v) is 3.90. The van der Waals surface area contributed by atoms with Gasteiger partial charge in [0.05, 0.1) is 11.6 Å². The van der Waals surface area contributed by atoms with Crippen molar-refractivity contribution in [2.45, 2.75) is 6.04 Å². The summed E-state index contributed by atoms with van der Waals surface area (Å²) in [5.41, 5.74) is 1.27. The number of aliphatic hydroxyl groups excluding tert-OH is 1. The Morgan fingerprint density at radius 1 is 1.21 bits per heavy atom.